The van der Waals surface area contributed by atoms with Crippen molar-refractivity contribution in [3.63, 3.8) is 0 Å². The highest BCUT2D eigenvalue weighted by atomic mass is 16.3. The van der Waals surface area contributed by atoms with E-state index in [-0.39, 0.29) is 0 Å². The predicted octanol–water partition coefficient (Wildman–Crippen LogP) is 8.72. The first-order valence-electron chi connectivity index (χ1n) is 13.2. The van der Waals surface area contributed by atoms with Gasteiger partial charge in [0.05, 0.1) is 22.9 Å². The van der Waals surface area contributed by atoms with Gasteiger partial charge in [0.2, 0.25) is 5.89 Å². The number of aromatic nitrogens is 4. The van der Waals surface area contributed by atoms with Gasteiger partial charge in [0.25, 0.3) is 0 Å². The monoisotopic (exact) mass is 514 g/mol. The largest absolute Gasteiger partial charge is 0.433 e. The number of hydrogen-bond acceptors (Lipinski definition) is 4. The van der Waals surface area contributed by atoms with Gasteiger partial charge in [-0.15, -0.1) is 0 Å². The SMILES string of the molecule is c1ccc(-c2ccc3c(c2)c2cc(-c4ccccc4)ccc2n3-c2ccc(-c3nc4ncccc4o3)nc2)cc1. The van der Waals surface area contributed by atoms with E-state index in [0.717, 1.165) is 16.7 Å². The van der Waals surface area contributed by atoms with Crippen LogP contribution in [0, 0.1) is 0 Å². The van der Waals surface area contributed by atoms with E-state index in [4.69, 9.17) is 9.40 Å². The Kier molecular flexibility index (Phi) is 5.07. The van der Waals surface area contributed by atoms with Gasteiger partial charge in [-0.3, -0.25) is 0 Å². The minimum absolute atomic E-state index is 0.461. The Labute approximate surface area is 230 Å². The van der Waals surface area contributed by atoms with E-state index in [9.17, 15) is 0 Å². The first-order valence-corrected chi connectivity index (χ1v) is 13.2. The molecule has 5 heteroatoms. The van der Waals surface area contributed by atoms with Crippen molar-refractivity contribution in [1.29, 1.82) is 0 Å². The molecule has 8 aromatic rings. The van der Waals surface area contributed by atoms with E-state index in [1.807, 2.05) is 36.5 Å². The van der Waals surface area contributed by atoms with Crippen LogP contribution in [0.25, 0.3) is 72.6 Å². The molecule has 4 heterocycles. The number of oxazole rings is 1. The summed E-state index contributed by atoms with van der Waals surface area (Å²) in [7, 11) is 0. The molecule has 0 aliphatic carbocycles. The standard InChI is InChI=1S/C35H22N4O/c1-3-8-23(9-4-1)25-13-17-31-28(20-25)29-21-26(24-10-5-2-6-11-24)14-18-32(29)39(31)27-15-16-30(37-22-27)35-38-34-33(40-35)12-7-19-36-34/h1-22H. The molecule has 0 N–H and O–H groups in total. The first kappa shape index (κ1) is 22.4. The minimum Gasteiger partial charge on any atom is -0.433 e. The Hall–Kier alpha value is -5.55. The molecule has 5 nitrogen and oxygen atoms in total. The first-order chi connectivity index (χ1) is 19.8. The van der Waals surface area contributed by atoms with Crippen molar-refractivity contribution >= 4 is 33.0 Å². The molecule has 0 atom stereocenters. The van der Waals surface area contributed by atoms with E-state index < -0.39 is 0 Å². The molecule has 0 amide bonds. The Morgan fingerprint density at radius 3 is 1.77 bits per heavy atom. The number of fused-ring (bicyclic) bond motifs is 4. The third kappa shape index (κ3) is 3.68. The van der Waals surface area contributed by atoms with Crippen LogP contribution in [0.1, 0.15) is 0 Å². The van der Waals surface area contributed by atoms with E-state index in [1.54, 1.807) is 6.20 Å². The fraction of sp³-hybridized carbons (Fsp3) is 0. The van der Waals surface area contributed by atoms with Gasteiger partial charge in [-0.2, -0.15) is 4.98 Å². The van der Waals surface area contributed by atoms with E-state index >= 15 is 0 Å². The average Bonchev–Trinajstić information content (AvgIpc) is 3.61. The molecular weight excluding hydrogens is 492 g/mol. The zero-order valence-corrected chi connectivity index (χ0v) is 21.4. The number of pyridine rings is 2. The molecule has 0 aliphatic rings. The summed E-state index contributed by atoms with van der Waals surface area (Å²) in [6.45, 7) is 0. The lowest BCUT2D eigenvalue weighted by Gasteiger charge is -2.09. The molecule has 188 valence electrons. The van der Waals surface area contributed by atoms with Crippen LogP contribution in [0.5, 0.6) is 0 Å². The van der Waals surface area contributed by atoms with E-state index in [2.05, 4.69) is 106 Å². The Morgan fingerprint density at radius 2 is 1.20 bits per heavy atom. The quantitative estimate of drug-likeness (QED) is 0.236. The summed E-state index contributed by atoms with van der Waals surface area (Å²) in [5.41, 5.74) is 9.89. The number of rotatable bonds is 4. The Balaban J connectivity index is 1.31. The lowest BCUT2D eigenvalue weighted by molar-refractivity contribution is 0.616. The van der Waals surface area contributed by atoms with E-state index in [0.29, 0.717) is 22.8 Å². The van der Waals surface area contributed by atoms with Crippen molar-refractivity contribution < 1.29 is 4.42 Å². The van der Waals surface area contributed by atoms with E-state index in [1.165, 1.54) is 33.0 Å². The molecule has 0 spiro atoms. The van der Waals surface area contributed by atoms with Gasteiger partial charge >= 0.3 is 0 Å². The maximum absolute atomic E-state index is 5.89. The smallest absolute Gasteiger partial charge is 0.247 e. The zero-order valence-electron chi connectivity index (χ0n) is 21.4. The fourth-order valence-corrected chi connectivity index (χ4v) is 5.45. The van der Waals surface area contributed by atoms with Gasteiger partial charge in [-0.1, -0.05) is 72.8 Å². The summed E-state index contributed by atoms with van der Waals surface area (Å²) >= 11 is 0. The second kappa shape index (κ2) is 9.03. The van der Waals surface area contributed by atoms with Crippen LogP contribution >= 0.6 is 0 Å². The minimum atomic E-state index is 0.461. The van der Waals surface area contributed by atoms with Crippen LogP contribution in [0.2, 0.25) is 0 Å². The van der Waals surface area contributed by atoms with Gasteiger partial charge in [-0.05, 0) is 70.8 Å². The number of nitrogens with zero attached hydrogens (tertiary/aromatic N) is 4. The topological polar surface area (TPSA) is 56.7 Å². The molecule has 0 unspecified atom stereocenters. The third-order valence-electron chi connectivity index (χ3n) is 7.37. The van der Waals surface area contributed by atoms with Gasteiger partial charge < -0.3 is 8.98 Å². The fourth-order valence-electron chi connectivity index (χ4n) is 5.45. The Morgan fingerprint density at radius 1 is 0.550 bits per heavy atom. The van der Waals surface area contributed by atoms with Crippen molar-refractivity contribution in [2.24, 2.45) is 0 Å². The summed E-state index contributed by atoms with van der Waals surface area (Å²) in [6.07, 6.45) is 3.59. The van der Waals surface area contributed by atoms with Crippen molar-refractivity contribution in [2.45, 2.75) is 0 Å². The van der Waals surface area contributed by atoms with Crippen molar-refractivity contribution in [3.8, 4) is 39.5 Å². The maximum Gasteiger partial charge on any atom is 0.247 e. The highest BCUT2D eigenvalue weighted by Crippen LogP contribution is 2.37. The maximum atomic E-state index is 5.89. The Bertz CT molecular complexity index is 2010. The predicted molar refractivity (Wildman–Crippen MR) is 160 cm³/mol. The second-order valence-corrected chi connectivity index (χ2v) is 9.78. The van der Waals surface area contributed by atoms with Gasteiger partial charge in [0, 0.05) is 17.0 Å². The number of hydrogen-bond donors (Lipinski definition) is 0. The highest BCUT2D eigenvalue weighted by molar-refractivity contribution is 6.11. The van der Waals surface area contributed by atoms with Crippen LogP contribution in [-0.4, -0.2) is 19.5 Å². The van der Waals surface area contributed by atoms with Crippen LogP contribution in [0.3, 0.4) is 0 Å². The molecule has 4 aromatic heterocycles. The molecule has 8 rings (SSSR count). The molecule has 0 aliphatic heterocycles. The molecule has 4 aromatic carbocycles. The molecule has 0 saturated carbocycles. The summed E-state index contributed by atoms with van der Waals surface area (Å²) in [5, 5.41) is 2.39. The molecule has 40 heavy (non-hydrogen) atoms. The highest BCUT2D eigenvalue weighted by Gasteiger charge is 2.16. The molecule has 0 radical (unpaired) electrons. The van der Waals surface area contributed by atoms with Crippen molar-refractivity contribution in [3.05, 3.63) is 134 Å². The second-order valence-electron chi connectivity index (χ2n) is 9.78. The van der Waals surface area contributed by atoms with Gasteiger partial charge in [-0.25, -0.2) is 9.97 Å². The molecule has 0 bridgehead atoms. The van der Waals surface area contributed by atoms with Crippen molar-refractivity contribution in [2.75, 3.05) is 0 Å². The van der Waals surface area contributed by atoms with Crippen LogP contribution in [0.15, 0.2) is 138 Å². The normalized spacial score (nSPS) is 11.5. The lowest BCUT2D eigenvalue weighted by Crippen LogP contribution is -1.95. The van der Waals surface area contributed by atoms with Crippen LogP contribution in [0.4, 0.5) is 0 Å². The lowest BCUT2D eigenvalue weighted by atomic mass is 10.0. The van der Waals surface area contributed by atoms with Crippen LogP contribution in [-0.2, 0) is 0 Å². The average molecular weight is 515 g/mol. The summed E-state index contributed by atoms with van der Waals surface area (Å²) in [4.78, 5) is 13.5. The zero-order chi connectivity index (χ0) is 26.5. The molecular formula is C35H22N4O. The number of benzene rings is 4. The van der Waals surface area contributed by atoms with Crippen LogP contribution < -0.4 is 0 Å². The molecule has 0 saturated heterocycles. The van der Waals surface area contributed by atoms with Gasteiger partial charge in [0.15, 0.2) is 11.2 Å². The molecule has 0 fully saturated rings. The van der Waals surface area contributed by atoms with Crippen molar-refractivity contribution in [1.82, 2.24) is 19.5 Å². The summed E-state index contributed by atoms with van der Waals surface area (Å²) in [6, 6.07) is 42.1. The summed E-state index contributed by atoms with van der Waals surface area (Å²) in [5.74, 6) is 0.461. The van der Waals surface area contributed by atoms with Gasteiger partial charge in [0.1, 0.15) is 5.69 Å². The summed E-state index contributed by atoms with van der Waals surface area (Å²) < 4.78 is 8.17. The third-order valence-corrected chi connectivity index (χ3v) is 7.37.